The fraction of sp³-hybridized carbons (Fsp3) is 0.400. The highest BCUT2D eigenvalue weighted by Gasteiger charge is 2.14. The second-order valence-corrected chi connectivity index (χ2v) is 3.31. The van der Waals surface area contributed by atoms with Crippen LogP contribution >= 0.6 is 0 Å². The SMILES string of the molecule is COCC(N)Cc1ccccc1[N+](=O)[O-]. The standard InChI is InChI=1S/C10H14N2O3/c1-15-7-9(11)6-8-4-2-3-5-10(8)12(13)14/h2-5,9H,6-7,11H2,1H3. The van der Waals surface area contributed by atoms with Gasteiger partial charge in [0, 0.05) is 24.8 Å². The summed E-state index contributed by atoms with van der Waals surface area (Å²) in [7, 11) is 1.55. The molecular formula is C10H14N2O3. The van der Waals surface area contributed by atoms with Crippen LogP contribution in [0.3, 0.4) is 0 Å². The predicted molar refractivity (Wildman–Crippen MR) is 56.7 cm³/mol. The molecule has 0 saturated heterocycles. The average Bonchev–Trinajstić information content (AvgIpc) is 2.18. The van der Waals surface area contributed by atoms with Crippen molar-refractivity contribution in [3.8, 4) is 0 Å². The Morgan fingerprint density at radius 3 is 2.80 bits per heavy atom. The van der Waals surface area contributed by atoms with Gasteiger partial charge in [0.1, 0.15) is 0 Å². The van der Waals surface area contributed by atoms with Crippen molar-refractivity contribution in [1.29, 1.82) is 0 Å². The summed E-state index contributed by atoms with van der Waals surface area (Å²) < 4.78 is 4.88. The van der Waals surface area contributed by atoms with Crippen LogP contribution in [0.4, 0.5) is 5.69 Å². The Kier molecular flexibility index (Phi) is 4.20. The molecule has 1 aromatic carbocycles. The number of nitro groups is 1. The van der Waals surface area contributed by atoms with Gasteiger partial charge in [-0.3, -0.25) is 10.1 Å². The molecule has 0 aromatic heterocycles. The molecule has 0 aliphatic rings. The van der Waals surface area contributed by atoms with E-state index in [9.17, 15) is 10.1 Å². The number of nitro benzene ring substituents is 1. The number of nitrogens with zero attached hydrogens (tertiary/aromatic N) is 1. The highest BCUT2D eigenvalue weighted by atomic mass is 16.6. The van der Waals surface area contributed by atoms with Gasteiger partial charge in [0.25, 0.3) is 5.69 Å². The maximum absolute atomic E-state index is 10.7. The Hall–Kier alpha value is -1.46. The predicted octanol–water partition coefficient (Wildman–Crippen LogP) is 1.11. The van der Waals surface area contributed by atoms with Gasteiger partial charge in [-0.15, -0.1) is 0 Å². The van der Waals surface area contributed by atoms with E-state index in [4.69, 9.17) is 10.5 Å². The monoisotopic (exact) mass is 210 g/mol. The van der Waals surface area contributed by atoms with E-state index in [1.54, 1.807) is 25.3 Å². The van der Waals surface area contributed by atoms with Gasteiger partial charge in [-0.25, -0.2) is 0 Å². The van der Waals surface area contributed by atoms with Gasteiger partial charge in [-0.05, 0) is 6.42 Å². The summed E-state index contributed by atoms with van der Waals surface area (Å²) in [6.45, 7) is 0.395. The van der Waals surface area contributed by atoms with Crippen LogP contribution in [0.5, 0.6) is 0 Å². The summed E-state index contributed by atoms with van der Waals surface area (Å²) >= 11 is 0. The fourth-order valence-corrected chi connectivity index (χ4v) is 1.42. The van der Waals surface area contributed by atoms with Crippen LogP contribution in [-0.2, 0) is 11.2 Å². The number of para-hydroxylation sites is 1. The normalized spacial score (nSPS) is 12.4. The van der Waals surface area contributed by atoms with E-state index in [1.165, 1.54) is 6.07 Å². The van der Waals surface area contributed by atoms with Crippen LogP contribution in [0, 0.1) is 10.1 Å². The molecule has 1 rings (SSSR count). The third-order valence-corrected chi connectivity index (χ3v) is 2.05. The van der Waals surface area contributed by atoms with Gasteiger partial charge in [-0.2, -0.15) is 0 Å². The van der Waals surface area contributed by atoms with Gasteiger partial charge in [0.05, 0.1) is 11.5 Å². The summed E-state index contributed by atoms with van der Waals surface area (Å²) in [6, 6.07) is 6.39. The van der Waals surface area contributed by atoms with Gasteiger partial charge in [-0.1, -0.05) is 18.2 Å². The van der Waals surface area contributed by atoms with Crippen LogP contribution in [0.15, 0.2) is 24.3 Å². The molecule has 0 heterocycles. The van der Waals surface area contributed by atoms with Crippen molar-refractivity contribution >= 4 is 5.69 Å². The van der Waals surface area contributed by atoms with E-state index in [0.29, 0.717) is 18.6 Å². The molecule has 0 amide bonds. The number of ether oxygens (including phenoxy) is 1. The summed E-state index contributed by atoms with van der Waals surface area (Å²) in [5.74, 6) is 0. The molecule has 0 fully saturated rings. The average molecular weight is 210 g/mol. The Balaban J connectivity index is 2.79. The first-order valence-corrected chi connectivity index (χ1v) is 4.62. The van der Waals surface area contributed by atoms with E-state index in [-0.39, 0.29) is 11.7 Å². The Labute approximate surface area is 88.0 Å². The van der Waals surface area contributed by atoms with E-state index < -0.39 is 4.92 Å². The highest BCUT2D eigenvalue weighted by molar-refractivity contribution is 5.40. The van der Waals surface area contributed by atoms with E-state index >= 15 is 0 Å². The highest BCUT2D eigenvalue weighted by Crippen LogP contribution is 2.18. The quantitative estimate of drug-likeness (QED) is 0.583. The molecule has 0 bridgehead atoms. The molecule has 1 unspecified atom stereocenters. The largest absolute Gasteiger partial charge is 0.383 e. The number of nitrogens with two attached hydrogens (primary N) is 1. The van der Waals surface area contributed by atoms with Crippen LogP contribution in [0.1, 0.15) is 5.56 Å². The van der Waals surface area contributed by atoms with Crippen LogP contribution < -0.4 is 5.73 Å². The van der Waals surface area contributed by atoms with Crippen molar-refractivity contribution in [1.82, 2.24) is 0 Å². The fourth-order valence-electron chi connectivity index (χ4n) is 1.42. The number of rotatable bonds is 5. The molecule has 2 N–H and O–H groups in total. The van der Waals surface area contributed by atoms with E-state index in [0.717, 1.165) is 0 Å². The lowest BCUT2D eigenvalue weighted by atomic mass is 10.1. The Morgan fingerprint density at radius 2 is 2.20 bits per heavy atom. The van der Waals surface area contributed by atoms with Crippen LogP contribution in [0.25, 0.3) is 0 Å². The van der Waals surface area contributed by atoms with Crippen molar-refractivity contribution in [2.24, 2.45) is 5.73 Å². The lowest BCUT2D eigenvalue weighted by Gasteiger charge is -2.10. The van der Waals surface area contributed by atoms with Crippen LogP contribution in [0.2, 0.25) is 0 Å². The lowest BCUT2D eigenvalue weighted by Crippen LogP contribution is -2.28. The zero-order chi connectivity index (χ0) is 11.3. The molecule has 0 radical (unpaired) electrons. The molecule has 82 valence electrons. The lowest BCUT2D eigenvalue weighted by molar-refractivity contribution is -0.385. The number of benzene rings is 1. The molecule has 1 atom stereocenters. The number of hydrogen-bond donors (Lipinski definition) is 1. The summed E-state index contributed by atoms with van der Waals surface area (Å²) in [5, 5.41) is 10.7. The summed E-state index contributed by atoms with van der Waals surface area (Å²) in [5.41, 5.74) is 6.50. The minimum absolute atomic E-state index is 0.115. The summed E-state index contributed by atoms with van der Waals surface area (Å²) in [6.07, 6.45) is 0.449. The van der Waals surface area contributed by atoms with Crippen molar-refractivity contribution < 1.29 is 9.66 Å². The van der Waals surface area contributed by atoms with Gasteiger partial charge in [0.2, 0.25) is 0 Å². The molecular weight excluding hydrogens is 196 g/mol. The molecule has 0 saturated carbocycles. The Morgan fingerprint density at radius 1 is 1.53 bits per heavy atom. The number of hydrogen-bond acceptors (Lipinski definition) is 4. The molecule has 5 heteroatoms. The van der Waals surface area contributed by atoms with Crippen molar-refractivity contribution in [2.45, 2.75) is 12.5 Å². The van der Waals surface area contributed by atoms with Crippen LogP contribution in [-0.4, -0.2) is 24.7 Å². The Bertz CT molecular complexity index is 341. The van der Waals surface area contributed by atoms with E-state index in [2.05, 4.69) is 0 Å². The first kappa shape index (κ1) is 11.6. The maximum Gasteiger partial charge on any atom is 0.272 e. The molecule has 15 heavy (non-hydrogen) atoms. The van der Waals surface area contributed by atoms with Gasteiger partial charge < -0.3 is 10.5 Å². The second kappa shape index (κ2) is 5.43. The zero-order valence-corrected chi connectivity index (χ0v) is 8.55. The van der Waals surface area contributed by atoms with Gasteiger partial charge in [0.15, 0.2) is 0 Å². The second-order valence-electron chi connectivity index (χ2n) is 3.31. The maximum atomic E-state index is 10.7. The zero-order valence-electron chi connectivity index (χ0n) is 8.55. The number of methoxy groups -OCH3 is 1. The smallest absolute Gasteiger partial charge is 0.272 e. The van der Waals surface area contributed by atoms with Crippen molar-refractivity contribution in [3.05, 3.63) is 39.9 Å². The molecule has 1 aromatic rings. The minimum atomic E-state index is -0.394. The van der Waals surface area contributed by atoms with Crippen molar-refractivity contribution in [3.63, 3.8) is 0 Å². The molecule has 5 nitrogen and oxygen atoms in total. The van der Waals surface area contributed by atoms with Gasteiger partial charge >= 0.3 is 0 Å². The van der Waals surface area contributed by atoms with Crippen molar-refractivity contribution in [2.75, 3.05) is 13.7 Å². The molecule has 0 aliphatic carbocycles. The molecule has 0 spiro atoms. The first-order chi connectivity index (χ1) is 7.15. The minimum Gasteiger partial charge on any atom is -0.383 e. The van der Waals surface area contributed by atoms with E-state index in [1.807, 2.05) is 0 Å². The third kappa shape index (κ3) is 3.30. The molecule has 0 aliphatic heterocycles. The third-order valence-electron chi connectivity index (χ3n) is 2.05. The summed E-state index contributed by atoms with van der Waals surface area (Å²) in [4.78, 5) is 10.3. The topological polar surface area (TPSA) is 78.4 Å². The first-order valence-electron chi connectivity index (χ1n) is 4.62.